The molecule has 2 aromatic rings. The summed E-state index contributed by atoms with van der Waals surface area (Å²) >= 11 is 0. The minimum Gasteiger partial charge on any atom is -0.494 e. The lowest BCUT2D eigenvalue weighted by atomic mass is 9.96. The van der Waals surface area contributed by atoms with E-state index in [1.165, 1.54) is 18.2 Å². The molecule has 0 bridgehead atoms. The number of nitrogens with zero attached hydrogens (tertiary/aromatic N) is 2. The van der Waals surface area contributed by atoms with E-state index in [1.54, 1.807) is 61.0 Å². The van der Waals surface area contributed by atoms with Crippen LogP contribution in [0.3, 0.4) is 0 Å². The second-order valence-corrected chi connectivity index (χ2v) is 9.05. The van der Waals surface area contributed by atoms with Gasteiger partial charge in [-0.05, 0) is 49.2 Å². The topological polar surface area (TPSA) is 88.5 Å². The summed E-state index contributed by atoms with van der Waals surface area (Å²) < 4.78 is 52.7. The number of likely N-dealkylation sites (N-methyl/N-ethyl adjacent to an activating group) is 1. The first-order valence-corrected chi connectivity index (χ1v) is 11.9. The van der Waals surface area contributed by atoms with Gasteiger partial charge in [0.05, 0.1) is 12.6 Å². The number of halogens is 3. The SMILES string of the molecule is CCOC(C)(Cc1ccc(OCCC2CN(Cc3cccc(OC(F)(F)F)c3)C(=O)N2C)cc1)C(=O)O. The Morgan fingerprint density at radius 1 is 1.11 bits per heavy atom. The van der Waals surface area contributed by atoms with Gasteiger partial charge in [-0.1, -0.05) is 24.3 Å². The molecule has 1 heterocycles. The predicted octanol–water partition coefficient (Wildman–Crippen LogP) is 4.71. The molecule has 202 valence electrons. The highest BCUT2D eigenvalue weighted by Gasteiger charge is 2.35. The Morgan fingerprint density at radius 3 is 2.43 bits per heavy atom. The van der Waals surface area contributed by atoms with Crippen molar-refractivity contribution in [1.29, 1.82) is 0 Å². The second-order valence-electron chi connectivity index (χ2n) is 9.05. The van der Waals surface area contributed by atoms with Gasteiger partial charge < -0.3 is 29.1 Å². The van der Waals surface area contributed by atoms with Gasteiger partial charge in [0, 0.05) is 39.6 Å². The van der Waals surface area contributed by atoms with E-state index in [4.69, 9.17) is 9.47 Å². The molecule has 0 aliphatic carbocycles. The second kappa shape index (κ2) is 11.7. The zero-order valence-corrected chi connectivity index (χ0v) is 21.0. The fourth-order valence-electron chi connectivity index (χ4n) is 4.23. The van der Waals surface area contributed by atoms with Gasteiger partial charge in [0.2, 0.25) is 0 Å². The first-order chi connectivity index (χ1) is 17.4. The number of amides is 2. The molecule has 0 radical (unpaired) electrons. The lowest BCUT2D eigenvalue weighted by Gasteiger charge is -2.24. The minimum absolute atomic E-state index is 0.121. The van der Waals surface area contributed by atoms with E-state index in [0.29, 0.717) is 37.5 Å². The van der Waals surface area contributed by atoms with E-state index in [9.17, 15) is 27.9 Å². The molecule has 1 aliphatic rings. The number of rotatable bonds is 12. The van der Waals surface area contributed by atoms with Crippen molar-refractivity contribution in [3.05, 3.63) is 59.7 Å². The highest BCUT2D eigenvalue weighted by Crippen LogP contribution is 2.26. The van der Waals surface area contributed by atoms with Gasteiger partial charge >= 0.3 is 18.4 Å². The predicted molar refractivity (Wildman–Crippen MR) is 128 cm³/mol. The van der Waals surface area contributed by atoms with Crippen LogP contribution in [0.5, 0.6) is 11.5 Å². The molecule has 2 unspecified atom stereocenters. The maximum Gasteiger partial charge on any atom is 0.573 e. The van der Waals surface area contributed by atoms with Gasteiger partial charge in [-0.2, -0.15) is 0 Å². The number of carboxylic acids is 1. The fourth-order valence-corrected chi connectivity index (χ4v) is 4.23. The Bertz CT molecular complexity index is 1080. The molecule has 2 aromatic carbocycles. The minimum atomic E-state index is -4.78. The molecule has 1 saturated heterocycles. The van der Waals surface area contributed by atoms with Crippen molar-refractivity contribution < 1.29 is 42.1 Å². The number of urea groups is 1. The molecule has 1 fully saturated rings. The molecule has 2 amide bonds. The van der Waals surface area contributed by atoms with Crippen molar-refractivity contribution >= 4 is 12.0 Å². The quantitative estimate of drug-likeness (QED) is 0.433. The molecule has 3 rings (SSSR count). The highest BCUT2D eigenvalue weighted by atomic mass is 19.4. The largest absolute Gasteiger partial charge is 0.573 e. The Morgan fingerprint density at radius 2 is 1.81 bits per heavy atom. The van der Waals surface area contributed by atoms with Gasteiger partial charge in [0.25, 0.3) is 0 Å². The number of aliphatic carboxylic acids is 1. The van der Waals surface area contributed by atoms with Crippen LogP contribution in [-0.2, 0) is 22.5 Å². The van der Waals surface area contributed by atoms with Crippen molar-refractivity contribution in [1.82, 2.24) is 9.80 Å². The summed E-state index contributed by atoms with van der Waals surface area (Å²) in [6, 6.07) is 12.3. The third-order valence-corrected chi connectivity index (χ3v) is 6.16. The van der Waals surface area contributed by atoms with E-state index < -0.39 is 17.9 Å². The van der Waals surface area contributed by atoms with Gasteiger partial charge in [-0.3, -0.25) is 0 Å². The van der Waals surface area contributed by atoms with Crippen molar-refractivity contribution in [2.75, 3.05) is 26.8 Å². The molecule has 0 aromatic heterocycles. The molecule has 1 N–H and O–H groups in total. The standard InChI is InChI=1S/C26H31F3N2O6/c1-4-36-25(2,23(32)33)15-18-8-10-21(11-9-18)35-13-12-20-17-31(24(34)30(20)3)16-19-6-5-7-22(14-19)37-26(27,28)29/h5-11,14,20H,4,12-13,15-17H2,1-3H3,(H,32,33). The van der Waals surface area contributed by atoms with Gasteiger partial charge in [-0.25, -0.2) is 9.59 Å². The molecular weight excluding hydrogens is 493 g/mol. The van der Waals surface area contributed by atoms with Crippen molar-refractivity contribution in [2.24, 2.45) is 0 Å². The number of hydrogen-bond donors (Lipinski definition) is 1. The summed E-state index contributed by atoms with van der Waals surface area (Å²) in [5.41, 5.74) is 0.0194. The maximum atomic E-state index is 12.7. The van der Waals surface area contributed by atoms with Crippen LogP contribution < -0.4 is 9.47 Å². The van der Waals surface area contributed by atoms with Crippen LogP contribution in [0.1, 0.15) is 31.4 Å². The normalized spacial score (nSPS) is 17.6. The summed E-state index contributed by atoms with van der Waals surface area (Å²) in [6.45, 7) is 4.49. The monoisotopic (exact) mass is 524 g/mol. The molecule has 2 atom stereocenters. The number of carbonyl (C=O) groups is 2. The average molecular weight is 525 g/mol. The molecule has 11 heteroatoms. The summed E-state index contributed by atoms with van der Waals surface area (Å²) in [5, 5.41) is 9.47. The van der Waals surface area contributed by atoms with Crippen molar-refractivity contribution in [2.45, 2.75) is 51.2 Å². The number of carboxylic acid groups (broad SMARTS) is 1. The van der Waals surface area contributed by atoms with Gasteiger partial charge in [0.1, 0.15) is 11.5 Å². The smallest absolute Gasteiger partial charge is 0.494 e. The van der Waals surface area contributed by atoms with Gasteiger partial charge in [-0.15, -0.1) is 13.2 Å². The fraction of sp³-hybridized carbons (Fsp3) is 0.462. The average Bonchev–Trinajstić information content (AvgIpc) is 3.07. The van der Waals surface area contributed by atoms with E-state index in [1.807, 2.05) is 0 Å². The first kappa shape index (κ1) is 28.1. The van der Waals surface area contributed by atoms with Crippen LogP contribution in [0.25, 0.3) is 0 Å². The summed E-state index contributed by atoms with van der Waals surface area (Å²) in [5.74, 6) is -0.741. The third kappa shape index (κ3) is 7.75. The molecule has 8 nitrogen and oxygen atoms in total. The molecule has 37 heavy (non-hydrogen) atoms. The zero-order chi connectivity index (χ0) is 27.2. The van der Waals surface area contributed by atoms with Gasteiger partial charge in [0.15, 0.2) is 5.60 Å². The molecular formula is C26H31F3N2O6. The number of ether oxygens (including phenoxy) is 3. The Labute approximate surface area is 213 Å². The Kier molecular flexibility index (Phi) is 8.90. The number of alkyl halides is 3. The van der Waals surface area contributed by atoms with Crippen molar-refractivity contribution in [3.8, 4) is 11.5 Å². The summed E-state index contributed by atoms with van der Waals surface area (Å²) in [4.78, 5) is 27.4. The summed E-state index contributed by atoms with van der Waals surface area (Å²) in [7, 11) is 1.68. The third-order valence-electron chi connectivity index (χ3n) is 6.16. The lowest BCUT2D eigenvalue weighted by Crippen LogP contribution is -2.40. The van der Waals surface area contributed by atoms with Crippen LogP contribution in [-0.4, -0.2) is 71.7 Å². The van der Waals surface area contributed by atoms with Crippen LogP contribution in [0.15, 0.2) is 48.5 Å². The number of benzene rings is 2. The van der Waals surface area contributed by atoms with E-state index in [2.05, 4.69) is 4.74 Å². The number of carbonyl (C=O) groups excluding carboxylic acids is 1. The molecule has 1 aliphatic heterocycles. The Balaban J connectivity index is 1.51. The Hall–Kier alpha value is -3.47. The van der Waals surface area contributed by atoms with Crippen LogP contribution in [0.2, 0.25) is 0 Å². The number of hydrogen-bond acceptors (Lipinski definition) is 5. The van der Waals surface area contributed by atoms with E-state index in [-0.39, 0.29) is 30.8 Å². The van der Waals surface area contributed by atoms with Crippen molar-refractivity contribution in [3.63, 3.8) is 0 Å². The maximum absolute atomic E-state index is 12.7. The zero-order valence-electron chi connectivity index (χ0n) is 21.0. The highest BCUT2D eigenvalue weighted by molar-refractivity contribution is 5.77. The lowest BCUT2D eigenvalue weighted by molar-refractivity contribution is -0.274. The van der Waals surface area contributed by atoms with Crippen LogP contribution in [0, 0.1) is 0 Å². The summed E-state index contributed by atoms with van der Waals surface area (Å²) in [6.07, 6.45) is -4.01. The van der Waals surface area contributed by atoms with Crippen LogP contribution in [0.4, 0.5) is 18.0 Å². The first-order valence-electron chi connectivity index (χ1n) is 11.9. The van der Waals surface area contributed by atoms with E-state index in [0.717, 1.165) is 5.56 Å². The van der Waals surface area contributed by atoms with Crippen LogP contribution >= 0.6 is 0 Å². The molecule has 0 saturated carbocycles. The van der Waals surface area contributed by atoms with E-state index >= 15 is 0 Å². The molecule has 0 spiro atoms.